The van der Waals surface area contributed by atoms with Gasteiger partial charge in [-0.2, -0.15) is 0 Å². The molecule has 104 valence electrons. The van der Waals surface area contributed by atoms with Crippen LogP contribution in [-0.4, -0.2) is 50.3 Å². The Kier molecular flexibility index (Phi) is 8.83. The van der Waals surface area contributed by atoms with E-state index in [9.17, 15) is 0 Å². The van der Waals surface area contributed by atoms with Crippen molar-refractivity contribution >= 4 is 0 Å². The number of hydrogen-bond donors (Lipinski definition) is 1. The van der Waals surface area contributed by atoms with Gasteiger partial charge in [-0.1, -0.05) is 0 Å². The predicted octanol–water partition coefficient (Wildman–Crippen LogP) is 2.51. The van der Waals surface area contributed by atoms with Gasteiger partial charge in [-0.3, -0.25) is 0 Å². The van der Waals surface area contributed by atoms with E-state index in [1.165, 1.54) is 12.8 Å². The van der Waals surface area contributed by atoms with Crippen molar-refractivity contribution in [1.82, 2.24) is 10.2 Å². The van der Waals surface area contributed by atoms with Gasteiger partial charge in [0, 0.05) is 31.8 Å². The summed E-state index contributed by atoms with van der Waals surface area (Å²) in [6.45, 7) is 12.1. The summed E-state index contributed by atoms with van der Waals surface area (Å²) in [4.78, 5) is 2.43. The van der Waals surface area contributed by atoms with E-state index in [0.717, 1.165) is 26.1 Å². The fourth-order valence-corrected chi connectivity index (χ4v) is 1.76. The molecular weight excluding hydrogens is 212 g/mol. The Morgan fingerprint density at radius 1 is 1.24 bits per heavy atom. The minimum absolute atomic E-state index is 0.244. The van der Waals surface area contributed by atoms with Crippen LogP contribution in [0, 0.1) is 0 Å². The highest BCUT2D eigenvalue weighted by molar-refractivity contribution is 4.71. The van der Waals surface area contributed by atoms with Gasteiger partial charge in [0.05, 0.1) is 0 Å². The molecule has 0 amide bonds. The van der Waals surface area contributed by atoms with Crippen LogP contribution in [0.5, 0.6) is 0 Å². The van der Waals surface area contributed by atoms with Gasteiger partial charge in [0.2, 0.25) is 0 Å². The predicted molar refractivity (Wildman–Crippen MR) is 75.6 cm³/mol. The minimum atomic E-state index is 0.244. The first-order chi connectivity index (χ1) is 7.87. The molecule has 0 saturated heterocycles. The third kappa shape index (κ3) is 10.7. The number of nitrogens with zero attached hydrogens (tertiary/aromatic N) is 1. The van der Waals surface area contributed by atoms with E-state index in [1.54, 1.807) is 7.11 Å². The molecule has 0 spiro atoms. The second-order valence-electron chi connectivity index (χ2n) is 5.99. The van der Waals surface area contributed by atoms with Gasteiger partial charge >= 0.3 is 0 Å². The summed E-state index contributed by atoms with van der Waals surface area (Å²) < 4.78 is 5.07. The molecule has 0 aliphatic rings. The number of methoxy groups -OCH3 is 1. The quantitative estimate of drug-likeness (QED) is 0.631. The van der Waals surface area contributed by atoms with Crippen LogP contribution in [0.25, 0.3) is 0 Å². The van der Waals surface area contributed by atoms with Gasteiger partial charge in [0.25, 0.3) is 0 Å². The molecule has 0 aromatic carbocycles. The van der Waals surface area contributed by atoms with E-state index in [1.807, 2.05) is 0 Å². The minimum Gasteiger partial charge on any atom is -0.385 e. The van der Waals surface area contributed by atoms with Crippen LogP contribution in [0.4, 0.5) is 0 Å². The molecule has 0 bridgehead atoms. The van der Waals surface area contributed by atoms with Gasteiger partial charge in [-0.05, 0) is 60.5 Å². The Bertz CT molecular complexity index is 178. The van der Waals surface area contributed by atoms with Crippen molar-refractivity contribution < 1.29 is 4.74 Å². The molecule has 0 fully saturated rings. The van der Waals surface area contributed by atoms with Gasteiger partial charge in [0.1, 0.15) is 0 Å². The highest BCUT2D eigenvalue weighted by atomic mass is 16.5. The number of ether oxygens (including phenoxy) is 1. The molecule has 0 saturated carbocycles. The smallest absolute Gasteiger partial charge is 0.0474 e. The lowest BCUT2D eigenvalue weighted by molar-refractivity contribution is 0.165. The summed E-state index contributed by atoms with van der Waals surface area (Å²) >= 11 is 0. The van der Waals surface area contributed by atoms with E-state index in [-0.39, 0.29) is 5.54 Å². The van der Waals surface area contributed by atoms with Crippen LogP contribution >= 0.6 is 0 Å². The number of nitrogens with one attached hydrogen (secondary N) is 1. The molecule has 0 aromatic heterocycles. The molecule has 0 rings (SSSR count). The monoisotopic (exact) mass is 244 g/mol. The summed E-state index contributed by atoms with van der Waals surface area (Å²) in [7, 11) is 3.97. The molecular formula is C14H32N2O. The fraction of sp³-hybridized carbons (Fsp3) is 1.00. The third-order valence-corrected chi connectivity index (χ3v) is 3.07. The number of rotatable bonds is 9. The molecule has 0 aromatic rings. The summed E-state index contributed by atoms with van der Waals surface area (Å²) in [5.74, 6) is 0. The molecule has 1 unspecified atom stereocenters. The maximum atomic E-state index is 5.07. The highest BCUT2D eigenvalue weighted by Crippen LogP contribution is 2.06. The third-order valence-electron chi connectivity index (χ3n) is 3.07. The van der Waals surface area contributed by atoms with Crippen molar-refractivity contribution in [3.63, 3.8) is 0 Å². The first-order valence-corrected chi connectivity index (χ1v) is 6.81. The molecule has 3 nitrogen and oxygen atoms in total. The summed E-state index contributed by atoms with van der Waals surface area (Å²) in [5.41, 5.74) is 0.244. The summed E-state index contributed by atoms with van der Waals surface area (Å²) in [6.07, 6.45) is 3.62. The van der Waals surface area contributed by atoms with E-state index < -0.39 is 0 Å². The molecule has 0 radical (unpaired) electrons. The van der Waals surface area contributed by atoms with Gasteiger partial charge in [0.15, 0.2) is 0 Å². The van der Waals surface area contributed by atoms with E-state index in [0.29, 0.717) is 6.04 Å². The Balaban J connectivity index is 3.53. The Hall–Kier alpha value is -0.120. The molecule has 1 atom stereocenters. The van der Waals surface area contributed by atoms with Crippen molar-refractivity contribution in [2.45, 2.75) is 58.5 Å². The molecule has 3 heteroatoms. The van der Waals surface area contributed by atoms with Crippen molar-refractivity contribution in [2.24, 2.45) is 0 Å². The Morgan fingerprint density at radius 2 is 1.88 bits per heavy atom. The van der Waals surface area contributed by atoms with E-state index in [2.05, 4.69) is 45.0 Å². The van der Waals surface area contributed by atoms with Crippen LogP contribution in [0.15, 0.2) is 0 Å². The van der Waals surface area contributed by atoms with Crippen LogP contribution in [0.3, 0.4) is 0 Å². The second kappa shape index (κ2) is 8.90. The van der Waals surface area contributed by atoms with E-state index in [4.69, 9.17) is 4.74 Å². The van der Waals surface area contributed by atoms with E-state index >= 15 is 0 Å². The molecule has 17 heavy (non-hydrogen) atoms. The lowest BCUT2D eigenvalue weighted by Crippen LogP contribution is -2.37. The standard InChI is InChI=1S/C14H32N2O/c1-13(16(5)11-8-12-17-6)9-7-10-15-14(2,3)4/h13,15H,7-12H2,1-6H3. The van der Waals surface area contributed by atoms with Crippen LogP contribution in [0.1, 0.15) is 47.0 Å². The Morgan fingerprint density at radius 3 is 2.41 bits per heavy atom. The second-order valence-corrected chi connectivity index (χ2v) is 5.99. The topological polar surface area (TPSA) is 24.5 Å². The van der Waals surface area contributed by atoms with Crippen LogP contribution in [0.2, 0.25) is 0 Å². The largest absolute Gasteiger partial charge is 0.385 e. The molecule has 0 aliphatic carbocycles. The fourth-order valence-electron chi connectivity index (χ4n) is 1.76. The average Bonchev–Trinajstić information content (AvgIpc) is 2.23. The lowest BCUT2D eigenvalue weighted by Gasteiger charge is -2.26. The SMILES string of the molecule is COCCCN(C)C(C)CCCNC(C)(C)C. The maximum Gasteiger partial charge on any atom is 0.0474 e. The molecule has 0 heterocycles. The van der Waals surface area contributed by atoms with Crippen LogP contribution < -0.4 is 5.32 Å². The first kappa shape index (κ1) is 16.9. The van der Waals surface area contributed by atoms with Crippen molar-refractivity contribution in [1.29, 1.82) is 0 Å². The first-order valence-electron chi connectivity index (χ1n) is 6.81. The van der Waals surface area contributed by atoms with Gasteiger partial charge in [-0.15, -0.1) is 0 Å². The normalized spacial score (nSPS) is 14.3. The molecule has 0 aliphatic heterocycles. The van der Waals surface area contributed by atoms with Crippen molar-refractivity contribution in [3.8, 4) is 0 Å². The summed E-state index contributed by atoms with van der Waals surface area (Å²) in [5, 5.41) is 3.53. The zero-order chi connectivity index (χ0) is 13.3. The zero-order valence-electron chi connectivity index (χ0n) is 12.7. The Labute approximate surface area is 108 Å². The number of hydrogen-bond acceptors (Lipinski definition) is 3. The highest BCUT2D eigenvalue weighted by Gasteiger charge is 2.10. The lowest BCUT2D eigenvalue weighted by atomic mass is 10.1. The van der Waals surface area contributed by atoms with Gasteiger partial charge < -0.3 is 15.0 Å². The molecule has 1 N–H and O–H groups in total. The summed E-state index contributed by atoms with van der Waals surface area (Å²) in [6, 6.07) is 0.661. The van der Waals surface area contributed by atoms with Crippen molar-refractivity contribution in [2.75, 3.05) is 33.9 Å². The zero-order valence-corrected chi connectivity index (χ0v) is 12.7. The van der Waals surface area contributed by atoms with Crippen molar-refractivity contribution in [3.05, 3.63) is 0 Å². The maximum absolute atomic E-state index is 5.07. The van der Waals surface area contributed by atoms with Crippen LogP contribution in [-0.2, 0) is 4.74 Å². The van der Waals surface area contributed by atoms with Gasteiger partial charge in [-0.25, -0.2) is 0 Å². The average molecular weight is 244 g/mol.